The molecule has 0 aliphatic heterocycles. The Labute approximate surface area is 98.0 Å². The van der Waals surface area contributed by atoms with Gasteiger partial charge in [0.05, 0.1) is 18.7 Å². The molecule has 0 radical (unpaired) electrons. The summed E-state index contributed by atoms with van der Waals surface area (Å²) in [5.41, 5.74) is 0. The fourth-order valence-corrected chi connectivity index (χ4v) is 1.36. The number of nitriles is 1. The van der Waals surface area contributed by atoms with E-state index in [0.717, 1.165) is 0 Å². The highest BCUT2D eigenvalue weighted by Gasteiger charge is 2.25. The Hall–Kier alpha value is -1.08. The number of rotatable bonds is 6. The van der Waals surface area contributed by atoms with Crippen LogP contribution in [0.4, 0.5) is 0 Å². The number of nitrogens with one attached hydrogen (secondary N) is 1. The summed E-state index contributed by atoms with van der Waals surface area (Å²) in [5, 5.41) is 11.8. The molecule has 0 aliphatic rings. The fourth-order valence-electron chi connectivity index (χ4n) is 1.36. The molecule has 16 heavy (non-hydrogen) atoms. The molecule has 0 aromatic heterocycles. The van der Waals surface area contributed by atoms with Gasteiger partial charge in [-0.2, -0.15) is 5.26 Å². The maximum absolute atomic E-state index is 11.8. The Kier molecular flexibility index (Phi) is 6.75. The number of carbonyl (C=O) groups excluding carboxylic acids is 1. The first kappa shape index (κ1) is 14.9. The second kappa shape index (κ2) is 7.24. The third-order valence-electron chi connectivity index (χ3n) is 2.57. The molecule has 0 aliphatic carbocycles. The second-order valence-corrected chi connectivity index (χ2v) is 4.67. The van der Waals surface area contributed by atoms with Crippen LogP contribution in [-0.2, 0) is 9.53 Å². The van der Waals surface area contributed by atoms with Crippen molar-refractivity contribution in [1.29, 1.82) is 5.26 Å². The number of carbonyl (C=O) groups is 1. The Morgan fingerprint density at radius 1 is 1.31 bits per heavy atom. The van der Waals surface area contributed by atoms with Gasteiger partial charge < -0.3 is 10.1 Å². The van der Waals surface area contributed by atoms with Crippen LogP contribution in [0.1, 0.15) is 27.7 Å². The molecule has 1 amide bonds. The van der Waals surface area contributed by atoms with Crippen molar-refractivity contribution in [3.05, 3.63) is 0 Å². The van der Waals surface area contributed by atoms with E-state index in [-0.39, 0.29) is 23.8 Å². The number of methoxy groups -OCH3 is 1. The van der Waals surface area contributed by atoms with Gasteiger partial charge in [-0.1, -0.05) is 27.7 Å². The summed E-state index contributed by atoms with van der Waals surface area (Å²) in [6.07, 6.45) is 0. The molecule has 0 rings (SSSR count). The standard InChI is InChI=1S/C12H22N2O2/c1-8(2)10(6-13)12(15)14-11(7-16-5)9(3)4/h8-11H,7H2,1-5H3,(H,14,15). The third-order valence-corrected chi connectivity index (χ3v) is 2.57. The van der Waals surface area contributed by atoms with Crippen LogP contribution in [0, 0.1) is 29.1 Å². The average molecular weight is 226 g/mol. The normalized spacial score (nSPS) is 14.6. The summed E-state index contributed by atoms with van der Waals surface area (Å²) < 4.78 is 5.04. The smallest absolute Gasteiger partial charge is 0.237 e. The number of ether oxygens (including phenoxy) is 1. The summed E-state index contributed by atoms with van der Waals surface area (Å²) >= 11 is 0. The lowest BCUT2D eigenvalue weighted by molar-refractivity contribution is -0.125. The Bertz CT molecular complexity index is 256. The monoisotopic (exact) mass is 226 g/mol. The van der Waals surface area contributed by atoms with Gasteiger partial charge in [0.2, 0.25) is 5.91 Å². The SMILES string of the molecule is COCC(NC(=O)C(C#N)C(C)C)C(C)C. The lowest BCUT2D eigenvalue weighted by atomic mass is 9.95. The maximum atomic E-state index is 11.8. The van der Waals surface area contributed by atoms with Crippen LogP contribution in [0.2, 0.25) is 0 Å². The van der Waals surface area contributed by atoms with Crippen molar-refractivity contribution < 1.29 is 9.53 Å². The number of amides is 1. The number of hydrogen-bond acceptors (Lipinski definition) is 3. The first-order chi connectivity index (χ1) is 7.43. The topological polar surface area (TPSA) is 62.1 Å². The van der Waals surface area contributed by atoms with Gasteiger partial charge in [0.25, 0.3) is 0 Å². The minimum absolute atomic E-state index is 0.0281. The molecule has 92 valence electrons. The van der Waals surface area contributed by atoms with Crippen LogP contribution in [0.5, 0.6) is 0 Å². The zero-order valence-electron chi connectivity index (χ0n) is 10.8. The van der Waals surface area contributed by atoms with E-state index >= 15 is 0 Å². The molecule has 0 bridgehead atoms. The highest BCUT2D eigenvalue weighted by Crippen LogP contribution is 2.11. The molecule has 2 atom stereocenters. The van der Waals surface area contributed by atoms with Crippen molar-refractivity contribution in [2.45, 2.75) is 33.7 Å². The molecule has 0 spiro atoms. The molecule has 0 aromatic rings. The van der Waals surface area contributed by atoms with Gasteiger partial charge in [-0.05, 0) is 11.8 Å². The van der Waals surface area contributed by atoms with E-state index in [1.165, 1.54) is 0 Å². The molecule has 4 heteroatoms. The van der Waals surface area contributed by atoms with E-state index in [1.54, 1.807) is 7.11 Å². The van der Waals surface area contributed by atoms with E-state index in [9.17, 15) is 4.79 Å². The molecule has 1 N–H and O–H groups in total. The Balaban J connectivity index is 4.45. The van der Waals surface area contributed by atoms with Gasteiger partial charge in [0.1, 0.15) is 5.92 Å². The highest BCUT2D eigenvalue weighted by atomic mass is 16.5. The quantitative estimate of drug-likeness (QED) is 0.747. The van der Waals surface area contributed by atoms with E-state index < -0.39 is 5.92 Å². The van der Waals surface area contributed by atoms with Gasteiger partial charge in [0.15, 0.2) is 0 Å². The van der Waals surface area contributed by atoms with Gasteiger partial charge in [0, 0.05) is 7.11 Å². The van der Waals surface area contributed by atoms with Crippen LogP contribution >= 0.6 is 0 Å². The van der Waals surface area contributed by atoms with Gasteiger partial charge in [-0.25, -0.2) is 0 Å². The van der Waals surface area contributed by atoms with Crippen molar-refractivity contribution in [2.75, 3.05) is 13.7 Å². The molecule has 0 fully saturated rings. The average Bonchev–Trinajstić information content (AvgIpc) is 2.17. The molecular formula is C12H22N2O2. The van der Waals surface area contributed by atoms with Gasteiger partial charge in [-0.3, -0.25) is 4.79 Å². The summed E-state index contributed by atoms with van der Waals surface area (Å²) in [6, 6.07) is 2.00. The largest absolute Gasteiger partial charge is 0.383 e. The molecule has 4 nitrogen and oxygen atoms in total. The Morgan fingerprint density at radius 2 is 1.88 bits per heavy atom. The second-order valence-electron chi connectivity index (χ2n) is 4.67. The Morgan fingerprint density at radius 3 is 2.19 bits per heavy atom. The van der Waals surface area contributed by atoms with Crippen molar-refractivity contribution >= 4 is 5.91 Å². The van der Waals surface area contributed by atoms with Crippen molar-refractivity contribution in [1.82, 2.24) is 5.32 Å². The first-order valence-corrected chi connectivity index (χ1v) is 5.62. The van der Waals surface area contributed by atoms with E-state index in [4.69, 9.17) is 10.00 Å². The minimum atomic E-state index is -0.585. The fraction of sp³-hybridized carbons (Fsp3) is 0.833. The summed E-state index contributed by atoms with van der Waals surface area (Å²) in [4.78, 5) is 11.8. The van der Waals surface area contributed by atoms with Crippen LogP contribution < -0.4 is 5.32 Å². The zero-order chi connectivity index (χ0) is 12.7. The van der Waals surface area contributed by atoms with Crippen molar-refractivity contribution in [2.24, 2.45) is 17.8 Å². The minimum Gasteiger partial charge on any atom is -0.383 e. The number of nitrogens with zero attached hydrogens (tertiary/aromatic N) is 1. The summed E-state index contributed by atoms with van der Waals surface area (Å²) in [5.74, 6) is -0.470. The first-order valence-electron chi connectivity index (χ1n) is 5.62. The van der Waals surface area contributed by atoms with E-state index in [0.29, 0.717) is 6.61 Å². The van der Waals surface area contributed by atoms with Crippen LogP contribution in [0.15, 0.2) is 0 Å². The van der Waals surface area contributed by atoms with Gasteiger partial charge >= 0.3 is 0 Å². The van der Waals surface area contributed by atoms with Crippen LogP contribution in [0.25, 0.3) is 0 Å². The van der Waals surface area contributed by atoms with E-state index in [2.05, 4.69) is 5.32 Å². The lowest BCUT2D eigenvalue weighted by Crippen LogP contribution is -2.45. The van der Waals surface area contributed by atoms with Crippen LogP contribution in [0.3, 0.4) is 0 Å². The van der Waals surface area contributed by atoms with Crippen LogP contribution in [-0.4, -0.2) is 25.7 Å². The summed E-state index contributed by atoms with van der Waals surface area (Å²) in [6.45, 7) is 8.24. The lowest BCUT2D eigenvalue weighted by Gasteiger charge is -2.23. The van der Waals surface area contributed by atoms with E-state index in [1.807, 2.05) is 33.8 Å². The summed E-state index contributed by atoms with van der Waals surface area (Å²) in [7, 11) is 1.60. The zero-order valence-corrected chi connectivity index (χ0v) is 10.8. The predicted octanol–water partition coefficient (Wildman–Crippen LogP) is 1.57. The molecule has 0 saturated carbocycles. The predicted molar refractivity (Wildman–Crippen MR) is 62.6 cm³/mol. The molecule has 0 saturated heterocycles. The van der Waals surface area contributed by atoms with Gasteiger partial charge in [-0.15, -0.1) is 0 Å². The van der Waals surface area contributed by atoms with Crippen molar-refractivity contribution in [3.8, 4) is 6.07 Å². The molecule has 0 aromatic carbocycles. The number of hydrogen-bond donors (Lipinski definition) is 1. The molecule has 0 heterocycles. The maximum Gasteiger partial charge on any atom is 0.237 e. The third kappa shape index (κ3) is 4.63. The highest BCUT2D eigenvalue weighted by molar-refractivity contribution is 5.81. The van der Waals surface area contributed by atoms with Crippen molar-refractivity contribution in [3.63, 3.8) is 0 Å². The molecule has 2 unspecified atom stereocenters. The molecular weight excluding hydrogens is 204 g/mol.